The van der Waals surface area contributed by atoms with E-state index in [4.69, 9.17) is 4.74 Å². The second-order valence-electron chi connectivity index (χ2n) is 11.6. The first kappa shape index (κ1) is 23.5. The van der Waals surface area contributed by atoms with E-state index < -0.39 is 0 Å². The molecule has 1 aromatic rings. The van der Waals surface area contributed by atoms with E-state index in [1.54, 1.807) is 0 Å². The molecule has 3 nitrogen and oxygen atoms in total. The molecule has 7 unspecified atom stereocenters. The van der Waals surface area contributed by atoms with Crippen LogP contribution in [0.3, 0.4) is 0 Å². The molecule has 0 spiro atoms. The van der Waals surface area contributed by atoms with Crippen LogP contribution in [0.25, 0.3) is 0 Å². The number of unbranched alkanes of at least 4 members (excludes halogenated alkanes) is 1. The van der Waals surface area contributed by atoms with Crippen molar-refractivity contribution in [3.63, 3.8) is 0 Å². The summed E-state index contributed by atoms with van der Waals surface area (Å²) in [7, 11) is 0. The summed E-state index contributed by atoms with van der Waals surface area (Å²) in [6.45, 7) is 5.54. The Balaban J connectivity index is 1.48. The molecule has 1 N–H and O–H groups in total. The first-order valence-corrected chi connectivity index (χ1v) is 13.8. The van der Waals surface area contributed by atoms with E-state index in [1.807, 2.05) is 6.08 Å². The van der Waals surface area contributed by atoms with E-state index in [2.05, 4.69) is 50.7 Å². The van der Waals surface area contributed by atoms with Crippen LogP contribution in [-0.4, -0.2) is 29.4 Å². The lowest BCUT2D eigenvalue weighted by Crippen LogP contribution is -2.54. The number of carbonyl (C=O) groups excluding carboxylic acids is 1. The summed E-state index contributed by atoms with van der Waals surface area (Å²) in [4.78, 5) is 12.3. The zero-order chi connectivity index (χ0) is 23.2. The topological polar surface area (TPSA) is 46.5 Å². The van der Waals surface area contributed by atoms with Gasteiger partial charge >= 0.3 is 0 Å². The number of ketones is 1. The molecule has 0 bridgehead atoms. The predicted molar refractivity (Wildman–Crippen MR) is 136 cm³/mol. The van der Waals surface area contributed by atoms with Gasteiger partial charge in [-0.05, 0) is 115 Å². The summed E-state index contributed by atoms with van der Waals surface area (Å²) in [6.07, 6.45) is 10.9. The lowest BCUT2D eigenvalue weighted by Gasteiger charge is -2.61. The number of aliphatic hydroxyl groups is 1. The second-order valence-corrected chi connectivity index (χ2v) is 12.1. The summed E-state index contributed by atoms with van der Waals surface area (Å²) in [5.74, 6) is 4.32. The largest absolute Gasteiger partial charge is 0.494 e. The molecule has 5 rings (SSSR count). The van der Waals surface area contributed by atoms with Crippen LogP contribution in [0.1, 0.15) is 83.1 Å². The van der Waals surface area contributed by atoms with Crippen molar-refractivity contribution < 1.29 is 14.6 Å². The Morgan fingerprint density at radius 2 is 1.88 bits per heavy atom. The van der Waals surface area contributed by atoms with Crippen LogP contribution in [0.15, 0.2) is 35.9 Å². The van der Waals surface area contributed by atoms with Crippen LogP contribution in [0, 0.1) is 28.6 Å². The highest BCUT2D eigenvalue weighted by atomic mass is 32.1. The molecule has 1 aromatic carbocycles. The minimum absolute atomic E-state index is 0.00404. The Bertz CT molecular complexity index is 908. The Labute approximate surface area is 204 Å². The van der Waals surface area contributed by atoms with Crippen LogP contribution < -0.4 is 4.74 Å². The minimum Gasteiger partial charge on any atom is -0.494 e. The molecule has 0 aliphatic heterocycles. The van der Waals surface area contributed by atoms with Gasteiger partial charge in [-0.15, -0.1) is 0 Å². The summed E-state index contributed by atoms with van der Waals surface area (Å²) < 4.78 is 5.96. The predicted octanol–water partition coefficient (Wildman–Crippen LogP) is 6.36. The van der Waals surface area contributed by atoms with Crippen LogP contribution in [0.4, 0.5) is 0 Å². The van der Waals surface area contributed by atoms with E-state index >= 15 is 0 Å². The Kier molecular flexibility index (Phi) is 6.46. The van der Waals surface area contributed by atoms with Gasteiger partial charge in [-0.2, -0.15) is 12.6 Å². The maximum absolute atomic E-state index is 12.3. The molecule has 4 heteroatoms. The number of ether oxygens (including phenoxy) is 1. The number of allylic oxidation sites excluding steroid dienone is 1. The van der Waals surface area contributed by atoms with Crippen molar-refractivity contribution in [1.82, 2.24) is 0 Å². The zero-order valence-electron chi connectivity index (χ0n) is 20.3. The third-order valence-electron chi connectivity index (χ3n) is 10.0. The van der Waals surface area contributed by atoms with E-state index in [0.29, 0.717) is 35.9 Å². The van der Waals surface area contributed by atoms with Crippen molar-refractivity contribution in [2.45, 2.75) is 83.7 Å². The van der Waals surface area contributed by atoms with Crippen molar-refractivity contribution >= 4 is 18.4 Å². The lowest BCUT2D eigenvalue weighted by molar-refractivity contribution is -0.118. The molecule has 33 heavy (non-hydrogen) atoms. The molecule has 0 heterocycles. The Morgan fingerprint density at radius 3 is 2.64 bits per heavy atom. The van der Waals surface area contributed by atoms with Crippen LogP contribution in [0.2, 0.25) is 0 Å². The number of hydrogen-bond acceptors (Lipinski definition) is 4. The number of thiol groups is 1. The standard InChI is InChI=1S/C29H40O3S/c1-28-14-13-21(30)17-20(28)7-10-23-25-11-12-26(31)29(25,2)18-24(27(23)28)19-5-8-22(9-6-19)32-15-3-4-16-33/h5-6,8-9,17,23-27,31,33H,3-4,7,10-16,18H2,1-2H3. The molecule has 0 aromatic heterocycles. The zero-order valence-corrected chi connectivity index (χ0v) is 21.2. The molecular weight excluding hydrogens is 428 g/mol. The van der Waals surface area contributed by atoms with Crippen molar-refractivity contribution in [3.05, 3.63) is 41.5 Å². The summed E-state index contributed by atoms with van der Waals surface area (Å²) in [5, 5.41) is 11.1. The molecule has 4 aliphatic rings. The van der Waals surface area contributed by atoms with Gasteiger partial charge in [0.15, 0.2) is 5.78 Å². The SMILES string of the molecule is CC12CCC(=O)C=C1CCC1C2C(c2ccc(OCCCCS)cc2)CC2(C)C(O)CCC12. The first-order valence-electron chi connectivity index (χ1n) is 13.1. The fourth-order valence-electron chi connectivity index (χ4n) is 8.26. The van der Waals surface area contributed by atoms with Crippen LogP contribution in [-0.2, 0) is 4.79 Å². The number of fused-ring (bicyclic) bond motifs is 5. The molecule has 7 atom stereocenters. The third kappa shape index (κ3) is 3.99. The number of carbonyl (C=O) groups is 1. The average molecular weight is 469 g/mol. The number of aliphatic hydroxyl groups excluding tert-OH is 1. The Hall–Kier alpha value is -1.26. The maximum atomic E-state index is 12.3. The Morgan fingerprint density at radius 1 is 1.09 bits per heavy atom. The second kappa shape index (κ2) is 9.07. The van der Waals surface area contributed by atoms with Crippen molar-refractivity contribution in [1.29, 1.82) is 0 Å². The molecule has 0 amide bonds. The normalized spacial score (nSPS) is 39.9. The van der Waals surface area contributed by atoms with E-state index in [1.165, 1.54) is 11.1 Å². The van der Waals surface area contributed by atoms with Crippen molar-refractivity contribution in [2.75, 3.05) is 12.4 Å². The third-order valence-corrected chi connectivity index (χ3v) is 10.3. The van der Waals surface area contributed by atoms with Crippen molar-refractivity contribution in [2.24, 2.45) is 28.6 Å². The summed E-state index contributed by atoms with van der Waals surface area (Å²) >= 11 is 4.28. The summed E-state index contributed by atoms with van der Waals surface area (Å²) in [6, 6.07) is 8.82. The fraction of sp³-hybridized carbons (Fsp3) is 0.690. The quantitative estimate of drug-likeness (QED) is 0.377. The molecule has 3 saturated carbocycles. The minimum atomic E-state index is -0.196. The van der Waals surface area contributed by atoms with E-state index in [0.717, 1.165) is 69.5 Å². The summed E-state index contributed by atoms with van der Waals surface area (Å²) in [5.41, 5.74) is 2.87. The average Bonchev–Trinajstić information content (AvgIpc) is 3.11. The number of benzene rings is 1. The monoisotopic (exact) mass is 468 g/mol. The first-order chi connectivity index (χ1) is 15.9. The van der Waals surface area contributed by atoms with Gasteiger partial charge in [-0.3, -0.25) is 4.79 Å². The molecule has 0 saturated heterocycles. The fourth-order valence-corrected chi connectivity index (χ4v) is 8.48. The number of rotatable bonds is 6. The number of hydrogen-bond donors (Lipinski definition) is 2. The van der Waals surface area contributed by atoms with Gasteiger partial charge in [0.25, 0.3) is 0 Å². The van der Waals surface area contributed by atoms with Gasteiger partial charge in [0, 0.05) is 6.42 Å². The highest BCUT2D eigenvalue weighted by molar-refractivity contribution is 7.80. The van der Waals surface area contributed by atoms with E-state index in [9.17, 15) is 9.90 Å². The molecule has 3 fully saturated rings. The van der Waals surface area contributed by atoms with Crippen LogP contribution in [0.5, 0.6) is 5.75 Å². The molecule has 4 aliphatic carbocycles. The van der Waals surface area contributed by atoms with Gasteiger partial charge in [0.05, 0.1) is 12.7 Å². The molecule has 180 valence electrons. The highest BCUT2D eigenvalue weighted by Gasteiger charge is 2.62. The molecule has 0 radical (unpaired) electrons. The van der Waals surface area contributed by atoms with E-state index in [-0.39, 0.29) is 16.9 Å². The van der Waals surface area contributed by atoms with Gasteiger partial charge in [0.1, 0.15) is 5.75 Å². The smallest absolute Gasteiger partial charge is 0.155 e. The van der Waals surface area contributed by atoms with Crippen LogP contribution >= 0.6 is 12.6 Å². The highest BCUT2D eigenvalue weighted by Crippen LogP contribution is 2.68. The lowest BCUT2D eigenvalue weighted by atomic mass is 9.44. The molecular formula is C29H40O3S. The maximum Gasteiger partial charge on any atom is 0.155 e. The van der Waals surface area contributed by atoms with Crippen molar-refractivity contribution in [3.8, 4) is 5.75 Å². The van der Waals surface area contributed by atoms with Gasteiger partial charge in [-0.25, -0.2) is 0 Å². The van der Waals surface area contributed by atoms with Gasteiger partial charge < -0.3 is 9.84 Å². The van der Waals surface area contributed by atoms with Gasteiger partial charge in [0.2, 0.25) is 0 Å². The van der Waals surface area contributed by atoms with Gasteiger partial charge in [-0.1, -0.05) is 31.6 Å².